The molecule has 0 saturated carbocycles. The van der Waals surface area contributed by atoms with Gasteiger partial charge in [-0.25, -0.2) is 9.97 Å². The number of fused-ring (bicyclic) bond motifs is 1. The third-order valence-corrected chi connectivity index (χ3v) is 4.13. The van der Waals surface area contributed by atoms with E-state index in [1.807, 2.05) is 6.92 Å². The van der Waals surface area contributed by atoms with Crippen molar-refractivity contribution in [1.29, 1.82) is 0 Å². The van der Waals surface area contributed by atoms with Gasteiger partial charge in [-0.15, -0.1) is 11.3 Å². The molecular weight excluding hydrogens is 296 g/mol. The Kier molecular flexibility index (Phi) is 5.14. The van der Waals surface area contributed by atoms with Crippen LogP contribution in [0.25, 0.3) is 10.2 Å². The largest absolute Gasteiger partial charge is 0.369 e. The molecular formula is C13H17ClN4OS. The van der Waals surface area contributed by atoms with Crippen LogP contribution < -0.4 is 10.6 Å². The number of nitrogens with zero attached hydrogens (tertiary/aromatic N) is 2. The van der Waals surface area contributed by atoms with Gasteiger partial charge in [0.15, 0.2) is 0 Å². The summed E-state index contributed by atoms with van der Waals surface area (Å²) in [7, 11) is 0. The molecule has 0 spiro atoms. The Balaban J connectivity index is 2.12. The normalized spacial score (nSPS) is 10.8. The van der Waals surface area contributed by atoms with Crippen LogP contribution in [0.4, 0.5) is 5.82 Å². The molecule has 0 saturated heterocycles. The number of rotatable bonds is 6. The van der Waals surface area contributed by atoms with E-state index >= 15 is 0 Å². The van der Waals surface area contributed by atoms with Gasteiger partial charge in [-0.1, -0.05) is 6.92 Å². The number of aromatic nitrogens is 2. The minimum atomic E-state index is 0.0240. The van der Waals surface area contributed by atoms with Gasteiger partial charge < -0.3 is 10.6 Å². The molecule has 2 N–H and O–H groups in total. The minimum Gasteiger partial charge on any atom is -0.369 e. The van der Waals surface area contributed by atoms with Crippen molar-refractivity contribution < 1.29 is 4.79 Å². The zero-order valence-corrected chi connectivity index (χ0v) is 13.1. The SMILES string of the molecule is CCNC(=O)CCNc1nc(Cl)nc2sc(CC)cc12. The predicted octanol–water partition coefficient (Wildman–Crippen LogP) is 2.85. The van der Waals surface area contributed by atoms with Crippen LogP contribution in [0, 0.1) is 0 Å². The van der Waals surface area contributed by atoms with E-state index in [9.17, 15) is 4.79 Å². The second kappa shape index (κ2) is 6.85. The standard InChI is InChI=1S/C13H17ClN4OS/c1-3-8-7-9-11(16-6-5-10(19)15-4-2)17-13(14)18-12(9)20-8/h7H,3-6H2,1-2H3,(H,15,19)(H,16,17,18). The fourth-order valence-electron chi connectivity index (χ4n) is 1.83. The number of amides is 1. The number of hydrogen-bond acceptors (Lipinski definition) is 5. The Morgan fingerprint density at radius 2 is 2.20 bits per heavy atom. The molecule has 0 fully saturated rings. The molecule has 0 unspecified atom stereocenters. The number of carbonyl (C=O) groups is 1. The van der Waals surface area contributed by atoms with Gasteiger partial charge in [0.2, 0.25) is 11.2 Å². The highest BCUT2D eigenvalue weighted by atomic mass is 35.5. The predicted molar refractivity (Wildman–Crippen MR) is 83.6 cm³/mol. The van der Waals surface area contributed by atoms with Crippen molar-refractivity contribution in [2.45, 2.75) is 26.7 Å². The average molecular weight is 313 g/mol. The van der Waals surface area contributed by atoms with Crippen molar-refractivity contribution in [2.75, 3.05) is 18.4 Å². The van der Waals surface area contributed by atoms with Crippen LogP contribution in [-0.4, -0.2) is 29.0 Å². The summed E-state index contributed by atoms with van der Waals surface area (Å²) in [5, 5.41) is 7.11. The lowest BCUT2D eigenvalue weighted by molar-refractivity contribution is -0.120. The van der Waals surface area contributed by atoms with Crippen LogP contribution >= 0.6 is 22.9 Å². The highest BCUT2D eigenvalue weighted by molar-refractivity contribution is 7.18. The monoisotopic (exact) mass is 312 g/mol. The van der Waals surface area contributed by atoms with Crippen LogP contribution in [-0.2, 0) is 11.2 Å². The molecule has 108 valence electrons. The topological polar surface area (TPSA) is 66.9 Å². The number of thiophene rings is 1. The number of nitrogens with one attached hydrogen (secondary N) is 2. The molecule has 2 rings (SSSR count). The first-order chi connectivity index (χ1) is 9.63. The first-order valence-corrected chi connectivity index (χ1v) is 7.80. The van der Waals surface area contributed by atoms with Crippen molar-refractivity contribution in [2.24, 2.45) is 0 Å². The van der Waals surface area contributed by atoms with Gasteiger partial charge in [0.25, 0.3) is 0 Å². The smallest absolute Gasteiger partial charge is 0.225 e. The molecule has 1 amide bonds. The van der Waals surface area contributed by atoms with Gasteiger partial charge in [-0.3, -0.25) is 4.79 Å². The minimum absolute atomic E-state index is 0.0240. The summed E-state index contributed by atoms with van der Waals surface area (Å²) in [6, 6.07) is 2.07. The summed E-state index contributed by atoms with van der Waals surface area (Å²) in [5.41, 5.74) is 0. The third-order valence-electron chi connectivity index (χ3n) is 2.78. The quantitative estimate of drug-likeness (QED) is 0.805. The summed E-state index contributed by atoms with van der Waals surface area (Å²) in [4.78, 5) is 22.0. The first-order valence-electron chi connectivity index (χ1n) is 6.60. The Morgan fingerprint density at radius 3 is 2.90 bits per heavy atom. The second-order valence-corrected chi connectivity index (χ2v) is 5.71. The number of hydrogen-bond donors (Lipinski definition) is 2. The van der Waals surface area contributed by atoms with Crippen molar-refractivity contribution in [3.8, 4) is 0 Å². The molecule has 0 radical (unpaired) electrons. The van der Waals surface area contributed by atoms with Crippen LogP contribution in [0.1, 0.15) is 25.1 Å². The third kappa shape index (κ3) is 3.58. The van der Waals surface area contributed by atoms with Crippen molar-refractivity contribution in [1.82, 2.24) is 15.3 Å². The molecule has 0 aliphatic rings. The van der Waals surface area contributed by atoms with Crippen molar-refractivity contribution in [3.63, 3.8) is 0 Å². The van der Waals surface area contributed by atoms with Gasteiger partial charge in [0.05, 0.1) is 5.39 Å². The number of anilines is 1. The zero-order valence-electron chi connectivity index (χ0n) is 11.5. The van der Waals surface area contributed by atoms with E-state index in [-0.39, 0.29) is 11.2 Å². The van der Waals surface area contributed by atoms with E-state index in [4.69, 9.17) is 11.6 Å². The number of halogens is 1. The van der Waals surface area contributed by atoms with Gasteiger partial charge in [-0.2, -0.15) is 0 Å². The fraction of sp³-hybridized carbons (Fsp3) is 0.462. The Labute approximate surface area is 126 Å². The summed E-state index contributed by atoms with van der Waals surface area (Å²) in [6.45, 7) is 5.16. The second-order valence-electron chi connectivity index (χ2n) is 4.26. The maximum absolute atomic E-state index is 11.4. The van der Waals surface area contributed by atoms with Crippen LogP contribution in [0.3, 0.4) is 0 Å². The van der Waals surface area contributed by atoms with E-state index in [1.54, 1.807) is 11.3 Å². The van der Waals surface area contributed by atoms with Gasteiger partial charge >= 0.3 is 0 Å². The van der Waals surface area contributed by atoms with Gasteiger partial charge in [0, 0.05) is 24.4 Å². The number of carbonyl (C=O) groups excluding carboxylic acids is 1. The maximum Gasteiger partial charge on any atom is 0.225 e. The molecule has 2 aromatic rings. The summed E-state index contributed by atoms with van der Waals surface area (Å²) < 4.78 is 0. The van der Waals surface area contributed by atoms with Crippen molar-refractivity contribution in [3.05, 3.63) is 16.2 Å². The molecule has 5 nitrogen and oxygen atoms in total. The summed E-state index contributed by atoms with van der Waals surface area (Å²) in [6.07, 6.45) is 1.36. The first kappa shape index (κ1) is 15.0. The van der Waals surface area contributed by atoms with E-state index in [0.29, 0.717) is 25.3 Å². The van der Waals surface area contributed by atoms with Crippen LogP contribution in [0.15, 0.2) is 6.07 Å². The maximum atomic E-state index is 11.4. The zero-order chi connectivity index (χ0) is 14.5. The molecule has 2 aromatic heterocycles. The summed E-state index contributed by atoms with van der Waals surface area (Å²) in [5.74, 6) is 0.719. The van der Waals surface area contributed by atoms with E-state index < -0.39 is 0 Å². The molecule has 0 aliphatic carbocycles. The Morgan fingerprint density at radius 1 is 1.40 bits per heavy atom. The molecule has 20 heavy (non-hydrogen) atoms. The van der Waals surface area contributed by atoms with Crippen molar-refractivity contribution >= 4 is 44.9 Å². The van der Waals surface area contributed by atoms with Gasteiger partial charge in [-0.05, 0) is 31.0 Å². The fourth-order valence-corrected chi connectivity index (χ4v) is 3.02. The molecule has 0 atom stereocenters. The average Bonchev–Trinajstić information content (AvgIpc) is 2.82. The Hall–Kier alpha value is -1.40. The van der Waals surface area contributed by atoms with Gasteiger partial charge in [0.1, 0.15) is 10.6 Å². The molecule has 0 aromatic carbocycles. The van der Waals surface area contributed by atoms with E-state index in [0.717, 1.165) is 16.6 Å². The lowest BCUT2D eigenvalue weighted by Gasteiger charge is -2.07. The van der Waals surface area contributed by atoms with E-state index in [2.05, 4.69) is 33.6 Å². The highest BCUT2D eigenvalue weighted by Crippen LogP contribution is 2.30. The Bertz CT molecular complexity index is 614. The van der Waals surface area contributed by atoms with Crippen LogP contribution in [0.2, 0.25) is 5.28 Å². The van der Waals surface area contributed by atoms with E-state index in [1.165, 1.54) is 4.88 Å². The lowest BCUT2D eigenvalue weighted by atomic mass is 10.3. The molecule has 0 aliphatic heterocycles. The molecule has 7 heteroatoms. The highest BCUT2D eigenvalue weighted by Gasteiger charge is 2.10. The molecule has 0 bridgehead atoms. The summed E-state index contributed by atoms with van der Waals surface area (Å²) >= 11 is 7.55. The molecule has 2 heterocycles. The van der Waals surface area contributed by atoms with Crippen LogP contribution in [0.5, 0.6) is 0 Å². The number of aryl methyl sites for hydroxylation is 1. The lowest BCUT2D eigenvalue weighted by Crippen LogP contribution is -2.24.